The van der Waals surface area contributed by atoms with Crippen LogP contribution >= 0.6 is 0 Å². The third-order valence-electron chi connectivity index (χ3n) is 4.64. The standard InChI is InChI=1S/C22H40O5/c1-5-7-9-11-13-15-20(23)19(4)22(25)27-18(3)17-26-21(24)16-14-12-10-8-6-2/h18-19H,5-17H2,1-4H3. The summed E-state index contributed by atoms with van der Waals surface area (Å²) in [5, 5.41) is 0. The maximum Gasteiger partial charge on any atom is 0.316 e. The van der Waals surface area contributed by atoms with Crippen LogP contribution in [-0.4, -0.2) is 30.4 Å². The zero-order valence-electron chi connectivity index (χ0n) is 17.9. The molecule has 2 unspecified atom stereocenters. The highest BCUT2D eigenvalue weighted by Gasteiger charge is 2.24. The van der Waals surface area contributed by atoms with Crippen LogP contribution in [0.2, 0.25) is 0 Å². The van der Waals surface area contributed by atoms with Crippen LogP contribution in [0, 0.1) is 5.92 Å². The number of carbonyl (C=O) groups excluding carboxylic acids is 3. The second-order valence-corrected chi connectivity index (χ2v) is 7.45. The highest BCUT2D eigenvalue weighted by Crippen LogP contribution is 2.12. The van der Waals surface area contributed by atoms with Crippen molar-refractivity contribution in [1.82, 2.24) is 0 Å². The number of hydrogen-bond acceptors (Lipinski definition) is 5. The van der Waals surface area contributed by atoms with Gasteiger partial charge in [-0.05, 0) is 26.7 Å². The fourth-order valence-electron chi connectivity index (χ4n) is 2.74. The summed E-state index contributed by atoms with van der Waals surface area (Å²) in [6, 6.07) is 0. The van der Waals surface area contributed by atoms with Gasteiger partial charge in [0.1, 0.15) is 24.4 Å². The van der Waals surface area contributed by atoms with Crippen LogP contribution in [0.1, 0.15) is 105 Å². The van der Waals surface area contributed by atoms with Gasteiger partial charge in [0, 0.05) is 12.8 Å². The Morgan fingerprint density at radius 2 is 1.26 bits per heavy atom. The molecule has 0 saturated heterocycles. The highest BCUT2D eigenvalue weighted by atomic mass is 16.6. The summed E-state index contributed by atoms with van der Waals surface area (Å²) in [4.78, 5) is 35.8. The molecule has 0 aromatic rings. The largest absolute Gasteiger partial charge is 0.462 e. The summed E-state index contributed by atoms with van der Waals surface area (Å²) in [7, 11) is 0. The summed E-state index contributed by atoms with van der Waals surface area (Å²) in [6.45, 7) is 7.60. The molecule has 5 nitrogen and oxygen atoms in total. The first-order valence-electron chi connectivity index (χ1n) is 10.8. The van der Waals surface area contributed by atoms with Crippen molar-refractivity contribution in [3.63, 3.8) is 0 Å². The third kappa shape index (κ3) is 14.3. The molecule has 0 aromatic heterocycles. The van der Waals surface area contributed by atoms with Crippen LogP contribution in [0.25, 0.3) is 0 Å². The molecule has 2 atom stereocenters. The second kappa shape index (κ2) is 16.8. The molecule has 5 heteroatoms. The van der Waals surface area contributed by atoms with E-state index in [1.54, 1.807) is 13.8 Å². The molecule has 0 spiro atoms. The van der Waals surface area contributed by atoms with Crippen LogP contribution in [0.3, 0.4) is 0 Å². The van der Waals surface area contributed by atoms with Gasteiger partial charge in [-0.15, -0.1) is 0 Å². The van der Waals surface area contributed by atoms with Crippen molar-refractivity contribution in [1.29, 1.82) is 0 Å². The average Bonchev–Trinajstić information content (AvgIpc) is 2.65. The highest BCUT2D eigenvalue weighted by molar-refractivity contribution is 5.98. The van der Waals surface area contributed by atoms with Crippen LogP contribution in [0.15, 0.2) is 0 Å². The van der Waals surface area contributed by atoms with Gasteiger partial charge in [-0.25, -0.2) is 0 Å². The van der Waals surface area contributed by atoms with Crippen LogP contribution in [0.5, 0.6) is 0 Å². The molecule has 158 valence electrons. The van der Waals surface area contributed by atoms with E-state index in [4.69, 9.17) is 9.47 Å². The Bertz CT molecular complexity index is 419. The van der Waals surface area contributed by atoms with E-state index >= 15 is 0 Å². The second-order valence-electron chi connectivity index (χ2n) is 7.45. The van der Waals surface area contributed by atoms with Crippen LogP contribution in [-0.2, 0) is 23.9 Å². The third-order valence-corrected chi connectivity index (χ3v) is 4.64. The van der Waals surface area contributed by atoms with Gasteiger partial charge in [-0.1, -0.05) is 65.2 Å². The monoisotopic (exact) mass is 384 g/mol. The van der Waals surface area contributed by atoms with Gasteiger partial charge in [0.05, 0.1) is 0 Å². The first-order chi connectivity index (χ1) is 12.9. The molecule has 0 fully saturated rings. The van der Waals surface area contributed by atoms with Crippen molar-refractivity contribution in [3.8, 4) is 0 Å². The summed E-state index contributed by atoms with van der Waals surface area (Å²) in [5.41, 5.74) is 0. The lowest BCUT2D eigenvalue weighted by molar-refractivity contribution is -0.162. The Balaban J connectivity index is 3.91. The Hall–Kier alpha value is -1.39. The van der Waals surface area contributed by atoms with Gasteiger partial charge in [0.2, 0.25) is 0 Å². The average molecular weight is 385 g/mol. The zero-order valence-corrected chi connectivity index (χ0v) is 17.9. The number of ether oxygens (including phenoxy) is 2. The molecule has 0 aliphatic rings. The molecule has 0 aliphatic heterocycles. The Morgan fingerprint density at radius 3 is 1.81 bits per heavy atom. The molecule has 0 aliphatic carbocycles. The Labute approximate surface area is 165 Å². The van der Waals surface area contributed by atoms with E-state index in [1.807, 2.05) is 0 Å². The lowest BCUT2D eigenvalue weighted by atomic mass is 10.0. The smallest absolute Gasteiger partial charge is 0.316 e. The Kier molecular flexibility index (Phi) is 15.9. The van der Waals surface area contributed by atoms with Gasteiger partial charge in [0.25, 0.3) is 0 Å². The summed E-state index contributed by atoms with van der Waals surface area (Å²) in [6.07, 6.45) is 11.0. The number of Topliss-reactive ketones (excluding diaryl/α,β-unsaturated/α-hetero) is 1. The van der Waals surface area contributed by atoms with Crippen molar-refractivity contribution in [3.05, 3.63) is 0 Å². The van der Waals surface area contributed by atoms with Crippen molar-refractivity contribution in [2.75, 3.05) is 6.61 Å². The van der Waals surface area contributed by atoms with Crippen molar-refractivity contribution < 1.29 is 23.9 Å². The molecule has 0 bridgehead atoms. The quantitative estimate of drug-likeness (QED) is 0.191. The molecule has 0 saturated carbocycles. The van der Waals surface area contributed by atoms with Gasteiger partial charge in [-0.3, -0.25) is 14.4 Å². The number of ketones is 1. The van der Waals surface area contributed by atoms with E-state index in [9.17, 15) is 14.4 Å². The minimum Gasteiger partial charge on any atom is -0.462 e. The molecule has 0 radical (unpaired) electrons. The first kappa shape index (κ1) is 25.6. The lowest BCUT2D eigenvalue weighted by Crippen LogP contribution is -2.29. The molecule has 0 heterocycles. The fraction of sp³-hybridized carbons (Fsp3) is 0.864. The van der Waals surface area contributed by atoms with Gasteiger partial charge >= 0.3 is 11.9 Å². The predicted molar refractivity (Wildman–Crippen MR) is 107 cm³/mol. The number of carbonyl (C=O) groups is 3. The maximum absolute atomic E-state index is 12.1. The molecular formula is C22H40O5. The lowest BCUT2D eigenvalue weighted by Gasteiger charge is -2.16. The molecule has 0 rings (SSSR count). The summed E-state index contributed by atoms with van der Waals surface area (Å²) < 4.78 is 10.4. The number of rotatable bonds is 17. The van der Waals surface area contributed by atoms with Crippen molar-refractivity contribution in [2.24, 2.45) is 5.92 Å². The molecular weight excluding hydrogens is 344 g/mol. The first-order valence-corrected chi connectivity index (χ1v) is 10.8. The van der Waals surface area contributed by atoms with Crippen molar-refractivity contribution >= 4 is 17.7 Å². The van der Waals surface area contributed by atoms with Crippen LogP contribution < -0.4 is 0 Å². The summed E-state index contributed by atoms with van der Waals surface area (Å²) in [5.74, 6) is -1.62. The van der Waals surface area contributed by atoms with E-state index in [0.717, 1.165) is 44.9 Å². The van der Waals surface area contributed by atoms with E-state index in [-0.39, 0.29) is 18.4 Å². The van der Waals surface area contributed by atoms with E-state index in [1.165, 1.54) is 19.3 Å². The molecule has 0 N–H and O–H groups in total. The van der Waals surface area contributed by atoms with E-state index < -0.39 is 18.0 Å². The zero-order chi connectivity index (χ0) is 20.5. The predicted octanol–water partition coefficient (Wildman–Crippen LogP) is 5.39. The van der Waals surface area contributed by atoms with Gasteiger partial charge in [0.15, 0.2) is 0 Å². The molecule has 0 aromatic carbocycles. The van der Waals surface area contributed by atoms with Gasteiger partial charge < -0.3 is 9.47 Å². The normalized spacial score (nSPS) is 13.0. The van der Waals surface area contributed by atoms with Gasteiger partial charge in [-0.2, -0.15) is 0 Å². The maximum atomic E-state index is 12.1. The van der Waals surface area contributed by atoms with E-state index in [2.05, 4.69) is 13.8 Å². The Morgan fingerprint density at radius 1 is 0.741 bits per heavy atom. The fourth-order valence-corrected chi connectivity index (χ4v) is 2.74. The van der Waals surface area contributed by atoms with E-state index in [0.29, 0.717) is 12.8 Å². The van der Waals surface area contributed by atoms with Crippen LogP contribution in [0.4, 0.5) is 0 Å². The summed E-state index contributed by atoms with van der Waals surface area (Å²) >= 11 is 0. The van der Waals surface area contributed by atoms with Crippen molar-refractivity contribution in [2.45, 2.75) is 111 Å². The SMILES string of the molecule is CCCCCCCC(=O)OCC(C)OC(=O)C(C)C(=O)CCCCCCC. The minimum atomic E-state index is -0.757. The topological polar surface area (TPSA) is 69.7 Å². The minimum absolute atomic E-state index is 0.0391. The number of hydrogen-bond donors (Lipinski definition) is 0. The number of unbranched alkanes of at least 4 members (excludes halogenated alkanes) is 8. The number of esters is 2. The molecule has 0 amide bonds. The molecule has 27 heavy (non-hydrogen) atoms.